The SMILES string of the molecule is Cc1cc(C)cc(NC(=O)COc2ccc3c(-c4ccccc4)cc(=O)oc3c2)c1. The fraction of sp³-hybridized carbons (Fsp3) is 0.120. The number of carbonyl (C=O) groups excluding carboxylic acids is 1. The van der Waals surface area contributed by atoms with Crippen LogP contribution in [0.1, 0.15) is 11.1 Å². The number of rotatable bonds is 5. The van der Waals surface area contributed by atoms with Crippen molar-refractivity contribution in [2.75, 3.05) is 11.9 Å². The van der Waals surface area contributed by atoms with Crippen LogP contribution < -0.4 is 15.7 Å². The Balaban J connectivity index is 1.53. The maximum Gasteiger partial charge on any atom is 0.336 e. The van der Waals surface area contributed by atoms with E-state index in [1.54, 1.807) is 12.1 Å². The minimum atomic E-state index is -0.439. The number of amides is 1. The van der Waals surface area contributed by atoms with Gasteiger partial charge in [-0.05, 0) is 60.4 Å². The first kappa shape index (κ1) is 19.5. The molecule has 0 bridgehead atoms. The van der Waals surface area contributed by atoms with Gasteiger partial charge in [0.1, 0.15) is 11.3 Å². The quantitative estimate of drug-likeness (QED) is 0.475. The van der Waals surface area contributed by atoms with Gasteiger partial charge in [0.15, 0.2) is 6.61 Å². The molecule has 0 aliphatic carbocycles. The number of benzene rings is 3. The average molecular weight is 399 g/mol. The van der Waals surface area contributed by atoms with Gasteiger partial charge in [0.25, 0.3) is 5.91 Å². The van der Waals surface area contributed by atoms with E-state index in [0.29, 0.717) is 11.3 Å². The van der Waals surface area contributed by atoms with Gasteiger partial charge in [0, 0.05) is 23.2 Å². The molecule has 0 atom stereocenters. The molecule has 3 aromatic carbocycles. The van der Waals surface area contributed by atoms with Gasteiger partial charge < -0.3 is 14.5 Å². The van der Waals surface area contributed by atoms with Crippen LogP contribution in [0.15, 0.2) is 82.0 Å². The van der Waals surface area contributed by atoms with Crippen molar-refractivity contribution in [2.45, 2.75) is 13.8 Å². The maximum atomic E-state index is 12.3. The highest BCUT2D eigenvalue weighted by molar-refractivity contribution is 5.94. The van der Waals surface area contributed by atoms with Crippen LogP contribution in [0, 0.1) is 13.8 Å². The standard InChI is InChI=1S/C25H21NO4/c1-16-10-17(2)12-19(11-16)26-24(27)15-29-20-8-9-21-22(18-6-4-3-5-7-18)14-25(28)30-23(21)13-20/h3-14H,15H2,1-2H3,(H,26,27). The second-order valence-corrected chi connectivity index (χ2v) is 7.22. The Morgan fingerprint density at radius 2 is 1.67 bits per heavy atom. The lowest BCUT2D eigenvalue weighted by molar-refractivity contribution is -0.118. The van der Waals surface area contributed by atoms with Crippen LogP contribution in [0.25, 0.3) is 22.1 Å². The zero-order valence-corrected chi connectivity index (χ0v) is 16.8. The van der Waals surface area contributed by atoms with Crippen LogP contribution >= 0.6 is 0 Å². The molecule has 4 aromatic rings. The summed E-state index contributed by atoms with van der Waals surface area (Å²) in [6, 6.07) is 22.2. The first-order chi connectivity index (χ1) is 14.5. The molecule has 0 fully saturated rings. The third-order valence-electron chi connectivity index (χ3n) is 4.68. The molecule has 0 saturated carbocycles. The monoisotopic (exact) mass is 399 g/mol. The maximum absolute atomic E-state index is 12.3. The summed E-state index contributed by atoms with van der Waals surface area (Å²) < 4.78 is 11.0. The third-order valence-corrected chi connectivity index (χ3v) is 4.68. The van der Waals surface area contributed by atoms with Crippen molar-refractivity contribution >= 4 is 22.6 Å². The highest BCUT2D eigenvalue weighted by atomic mass is 16.5. The van der Waals surface area contributed by atoms with E-state index >= 15 is 0 Å². The van der Waals surface area contributed by atoms with E-state index in [-0.39, 0.29) is 12.5 Å². The molecule has 0 radical (unpaired) electrons. The van der Waals surface area contributed by atoms with E-state index in [1.165, 1.54) is 6.07 Å². The number of fused-ring (bicyclic) bond motifs is 1. The van der Waals surface area contributed by atoms with Crippen molar-refractivity contribution in [1.82, 2.24) is 0 Å². The first-order valence-corrected chi connectivity index (χ1v) is 9.62. The zero-order valence-electron chi connectivity index (χ0n) is 16.8. The van der Waals surface area contributed by atoms with E-state index < -0.39 is 5.63 Å². The number of hydrogen-bond donors (Lipinski definition) is 1. The number of nitrogens with one attached hydrogen (secondary N) is 1. The third kappa shape index (κ3) is 4.41. The molecule has 30 heavy (non-hydrogen) atoms. The van der Waals surface area contributed by atoms with Crippen molar-refractivity contribution in [1.29, 1.82) is 0 Å². The first-order valence-electron chi connectivity index (χ1n) is 9.62. The summed E-state index contributed by atoms with van der Waals surface area (Å²) in [6.07, 6.45) is 0. The minimum Gasteiger partial charge on any atom is -0.484 e. The van der Waals surface area contributed by atoms with Crippen molar-refractivity contribution < 1.29 is 13.9 Å². The zero-order chi connectivity index (χ0) is 21.1. The van der Waals surface area contributed by atoms with Gasteiger partial charge in [-0.25, -0.2) is 4.79 Å². The van der Waals surface area contributed by atoms with Crippen LogP contribution in [-0.2, 0) is 4.79 Å². The van der Waals surface area contributed by atoms with Gasteiger partial charge in [0.05, 0.1) is 0 Å². The van der Waals surface area contributed by atoms with Crippen LogP contribution in [0.4, 0.5) is 5.69 Å². The fourth-order valence-electron chi connectivity index (χ4n) is 3.48. The summed E-state index contributed by atoms with van der Waals surface area (Å²) in [5, 5.41) is 3.63. The van der Waals surface area contributed by atoms with E-state index in [4.69, 9.17) is 9.15 Å². The Morgan fingerprint density at radius 1 is 0.933 bits per heavy atom. The van der Waals surface area contributed by atoms with Gasteiger partial charge >= 0.3 is 5.63 Å². The van der Waals surface area contributed by atoms with E-state index in [0.717, 1.165) is 33.3 Å². The summed E-state index contributed by atoms with van der Waals surface area (Å²) in [6.45, 7) is 3.80. The summed E-state index contributed by atoms with van der Waals surface area (Å²) in [5.41, 5.74) is 4.57. The van der Waals surface area contributed by atoms with E-state index in [9.17, 15) is 9.59 Å². The topological polar surface area (TPSA) is 68.5 Å². The molecule has 0 spiro atoms. The normalized spacial score (nSPS) is 10.7. The summed E-state index contributed by atoms with van der Waals surface area (Å²) in [7, 11) is 0. The Bertz CT molecular complexity index is 1260. The Kier molecular flexibility index (Phi) is 5.35. The van der Waals surface area contributed by atoms with Crippen molar-refractivity contribution in [3.63, 3.8) is 0 Å². The largest absolute Gasteiger partial charge is 0.484 e. The lowest BCUT2D eigenvalue weighted by Gasteiger charge is -2.10. The van der Waals surface area contributed by atoms with Crippen LogP contribution in [0.3, 0.4) is 0 Å². The van der Waals surface area contributed by atoms with Crippen molar-refractivity contribution in [2.24, 2.45) is 0 Å². The minimum absolute atomic E-state index is 0.152. The second kappa shape index (κ2) is 8.25. The number of ether oxygens (including phenoxy) is 1. The molecule has 4 rings (SSSR count). The molecule has 5 nitrogen and oxygen atoms in total. The average Bonchev–Trinajstić information content (AvgIpc) is 2.71. The van der Waals surface area contributed by atoms with Crippen molar-refractivity contribution in [3.05, 3.63) is 94.3 Å². The van der Waals surface area contributed by atoms with Gasteiger partial charge in [-0.15, -0.1) is 0 Å². The van der Waals surface area contributed by atoms with Gasteiger partial charge in [0.2, 0.25) is 0 Å². The summed E-state index contributed by atoms with van der Waals surface area (Å²) in [4.78, 5) is 24.3. The number of aryl methyl sites for hydroxylation is 2. The number of carbonyl (C=O) groups is 1. The van der Waals surface area contributed by atoms with Gasteiger partial charge in [-0.3, -0.25) is 4.79 Å². The molecule has 0 aliphatic heterocycles. The van der Waals surface area contributed by atoms with E-state index in [1.807, 2.05) is 68.4 Å². The predicted molar refractivity (Wildman–Crippen MR) is 118 cm³/mol. The molecule has 150 valence electrons. The highest BCUT2D eigenvalue weighted by Crippen LogP contribution is 2.29. The highest BCUT2D eigenvalue weighted by Gasteiger charge is 2.10. The van der Waals surface area contributed by atoms with Crippen LogP contribution in [-0.4, -0.2) is 12.5 Å². The molecule has 0 aliphatic rings. The van der Waals surface area contributed by atoms with Gasteiger partial charge in [-0.2, -0.15) is 0 Å². The molecule has 5 heteroatoms. The molecule has 0 unspecified atom stereocenters. The fourth-order valence-corrected chi connectivity index (χ4v) is 3.48. The summed E-state index contributed by atoms with van der Waals surface area (Å²) >= 11 is 0. The Labute approximate surface area is 173 Å². The predicted octanol–water partition coefficient (Wildman–Crippen LogP) is 5.09. The lowest BCUT2D eigenvalue weighted by atomic mass is 10.0. The smallest absolute Gasteiger partial charge is 0.336 e. The Hall–Kier alpha value is -3.86. The van der Waals surface area contributed by atoms with Crippen LogP contribution in [0.2, 0.25) is 0 Å². The molecule has 1 heterocycles. The van der Waals surface area contributed by atoms with Gasteiger partial charge in [-0.1, -0.05) is 36.4 Å². The molecule has 1 N–H and O–H groups in total. The Morgan fingerprint density at radius 3 is 2.40 bits per heavy atom. The molecule has 1 aromatic heterocycles. The summed E-state index contributed by atoms with van der Waals surface area (Å²) in [5.74, 6) is 0.186. The molecular formula is C25H21NO4. The molecule has 1 amide bonds. The number of hydrogen-bond acceptors (Lipinski definition) is 4. The van der Waals surface area contributed by atoms with Crippen LogP contribution in [0.5, 0.6) is 5.75 Å². The number of anilines is 1. The molecule has 0 saturated heterocycles. The lowest BCUT2D eigenvalue weighted by Crippen LogP contribution is -2.20. The van der Waals surface area contributed by atoms with Crippen molar-refractivity contribution in [3.8, 4) is 16.9 Å². The second-order valence-electron chi connectivity index (χ2n) is 7.22. The van der Waals surface area contributed by atoms with E-state index in [2.05, 4.69) is 5.32 Å². The molecular weight excluding hydrogens is 378 g/mol.